The van der Waals surface area contributed by atoms with Crippen molar-refractivity contribution in [1.29, 1.82) is 0 Å². The summed E-state index contributed by atoms with van der Waals surface area (Å²) in [4.78, 5) is 0. The molecule has 0 aliphatic carbocycles. The van der Waals surface area contributed by atoms with Crippen molar-refractivity contribution in [1.82, 2.24) is 0 Å². The second-order valence-electron chi connectivity index (χ2n) is 12.9. The summed E-state index contributed by atoms with van der Waals surface area (Å²) in [6.07, 6.45) is 6.22. The summed E-state index contributed by atoms with van der Waals surface area (Å²) in [5, 5.41) is 0. The van der Waals surface area contributed by atoms with Crippen LogP contribution in [0, 0.1) is 0 Å². The van der Waals surface area contributed by atoms with Gasteiger partial charge in [-0.1, -0.05) is 61.0 Å². The first-order valence-corrected chi connectivity index (χ1v) is 14.1. The number of aryl methyl sites for hydroxylation is 2. The lowest BCUT2D eigenvalue weighted by molar-refractivity contribution is 0.00578. The highest BCUT2D eigenvalue weighted by molar-refractivity contribution is 6.47. The minimum Gasteiger partial charge on any atom is -0.403 e. The van der Waals surface area contributed by atoms with Crippen LogP contribution in [-0.4, -0.2) is 36.6 Å². The molecule has 2 fully saturated rings. The Balaban J connectivity index is 1.40. The quantitative estimate of drug-likeness (QED) is 0.249. The Morgan fingerprint density at radius 1 is 0.595 bits per heavy atom. The molecule has 200 valence electrons. The summed E-state index contributed by atoms with van der Waals surface area (Å²) >= 11 is 0. The zero-order chi connectivity index (χ0) is 26.9. The molecule has 6 heteroatoms. The van der Waals surface area contributed by atoms with Gasteiger partial charge in [-0.3, -0.25) is 0 Å². The molecule has 2 aromatic carbocycles. The monoisotopic (exact) mass is 504 g/mol. The van der Waals surface area contributed by atoms with Gasteiger partial charge in [0.05, 0.1) is 22.4 Å². The Morgan fingerprint density at radius 3 is 1.68 bits per heavy atom. The maximum absolute atomic E-state index is 6.52. The van der Waals surface area contributed by atoms with Gasteiger partial charge >= 0.3 is 14.2 Å². The van der Waals surface area contributed by atoms with E-state index in [4.69, 9.17) is 18.6 Å². The molecule has 0 amide bonds. The van der Waals surface area contributed by atoms with Crippen LogP contribution < -0.4 is 0 Å². The SMILES string of the molecule is CC1(C)OB(CCc2ccc(C(CCCCc3ccccc3)B3OC(C)(C)C(C)(C)O3)cc2)OC1(C)C. The zero-order valence-electron chi connectivity index (χ0n) is 24.3. The molecule has 0 bridgehead atoms. The summed E-state index contributed by atoms with van der Waals surface area (Å²) in [6.45, 7) is 17.0. The van der Waals surface area contributed by atoms with Crippen LogP contribution in [0.2, 0.25) is 6.32 Å². The first kappa shape index (κ1) is 28.4. The van der Waals surface area contributed by atoms with E-state index in [-0.39, 0.29) is 42.5 Å². The van der Waals surface area contributed by atoms with Gasteiger partial charge < -0.3 is 18.6 Å². The number of rotatable bonds is 10. The molecule has 2 heterocycles. The van der Waals surface area contributed by atoms with Gasteiger partial charge in [-0.05, 0) is 104 Å². The molecule has 2 aliphatic rings. The lowest BCUT2D eigenvalue weighted by Crippen LogP contribution is -2.41. The summed E-state index contributed by atoms with van der Waals surface area (Å²) in [5.74, 6) is 0.203. The van der Waals surface area contributed by atoms with E-state index < -0.39 is 0 Å². The highest BCUT2D eigenvalue weighted by Crippen LogP contribution is 2.42. The van der Waals surface area contributed by atoms with Crippen molar-refractivity contribution in [3.8, 4) is 0 Å². The Morgan fingerprint density at radius 2 is 1.11 bits per heavy atom. The molecule has 2 saturated heterocycles. The van der Waals surface area contributed by atoms with E-state index in [1.807, 2.05) is 0 Å². The Hall–Kier alpha value is -1.59. The normalized spacial score (nSPS) is 22.4. The number of benzene rings is 2. The van der Waals surface area contributed by atoms with Crippen LogP contribution in [0.25, 0.3) is 0 Å². The van der Waals surface area contributed by atoms with Gasteiger partial charge in [0.2, 0.25) is 0 Å². The Bertz CT molecular complexity index is 985. The summed E-state index contributed by atoms with van der Waals surface area (Å²) < 4.78 is 25.4. The molecule has 0 N–H and O–H groups in total. The van der Waals surface area contributed by atoms with Crippen molar-refractivity contribution in [3.63, 3.8) is 0 Å². The van der Waals surface area contributed by atoms with Gasteiger partial charge in [0, 0.05) is 5.82 Å². The Kier molecular flexibility index (Phi) is 8.36. The molecule has 0 spiro atoms. The minimum atomic E-state index is -0.331. The van der Waals surface area contributed by atoms with E-state index in [9.17, 15) is 0 Å². The van der Waals surface area contributed by atoms with Crippen molar-refractivity contribution < 1.29 is 18.6 Å². The molecule has 37 heavy (non-hydrogen) atoms. The van der Waals surface area contributed by atoms with Crippen molar-refractivity contribution in [2.24, 2.45) is 0 Å². The van der Waals surface area contributed by atoms with Crippen molar-refractivity contribution in [3.05, 3.63) is 71.3 Å². The third-order valence-corrected chi connectivity index (χ3v) is 9.05. The lowest BCUT2D eigenvalue weighted by Gasteiger charge is -2.32. The standard InChI is InChI=1S/C31H46B2O4/c1-28(2)29(3,4)35-32(34-28)23-22-25-18-20-26(21-19-25)27(33-36-30(5,6)31(7,8)37-33)17-13-12-16-24-14-10-9-11-15-24/h9-11,14-15,18-21,27H,12-13,16-17,22-23H2,1-8H3. The average molecular weight is 504 g/mol. The van der Waals surface area contributed by atoms with Gasteiger partial charge in [0.1, 0.15) is 0 Å². The first-order valence-electron chi connectivity index (χ1n) is 14.1. The average Bonchev–Trinajstić information content (AvgIpc) is 3.17. The van der Waals surface area contributed by atoms with Crippen LogP contribution in [0.1, 0.15) is 97.2 Å². The van der Waals surface area contributed by atoms with E-state index in [1.54, 1.807) is 0 Å². The molecule has 0 aromatic heterocycles. The van der Waals surface area contributed by atoms with E-state index in [1.165, 1.54) is 16.7 Å². The molecule has 1 unspecified atom stereocenters. The van der Waals surface area contributed by atoms with Crippen molar-refractivity contribution in [2.45, 2.75) is 122 Å². The van der Waals surface area contributed by atoms with Crippen LogP contribution in [0.15, 0.2) is 54.6 Å². The zero-order valence-corrected chi connectivity index (χ0v) is 24.3. The number of hydrogen-bond donors (Lipinski definition) is 0. The fourth-order valence-electron chi connectivity index (χ4n) is 5.15. The van der Waals surface area contributed by atoms with Gasteiger partial charge in [0.25, 0.3) is 0 Å². The van der Waals surface area contributed by atoms with Crippen LogP contribution in [0.3, 0.4) is 0 Å². The van der Waals surface area contributed by atoms with Crippen molar-refractivity contribution >= 4 is 14.2 Å². The highest BCUT2D eigenvalue weighted by atomic mass is 16.7. The maximum atomic E-state index is 6.52. The smallest absolute Gasteiger partial charge is 0.403 e. The number of hydrogen-bond acceptors (Lipinski definition) is 4. The third-order valence-electron chi connectivity index (χ3n) is 9.05. The molecular formula is C31H46B2O4. The van der Waals surface area contributed by atoms with E-state index in [0.717, 1.165) is 38.4 Å². The van der Waals surface area contributed by atoms with Crippen LogP contribution in [0.4, 0.5) is 0 Å². The first-order chi connectivity index (χ1) is 17.3. The third kappa shape index (κ3) is 6.53. The molecule has 1 atom stereocenters. The second-order valence-corrected chi connectivity index (χ2v) is 12.9. The summed E-state index contributed by atoms with van der Waals surface area (Å²) in [7, 11) is -0.399. The summed E-state index contributed by atoms with van der Waals surface area (Å²) in [6, 6.07) is 19.8. The predicted molar refractivity (Wildman–Crippen MR) is 154 cm³/mol. The molecule has 0 radical (unpaired) electrons. The van der Waals surface area contributed by atoms with Gasteiger partial charge in [-0.15, -0.1) is 0 Å². The predicted octanol–water partition coefficient (Wildman–Crippen LogP) is 7.45. The number of unbranched alkanes of at least 4 members (excludes halogenated alkanes) is 1. The molecule has 4 rings (SSSR count). The van der Waals surface area contributed by atoms with Gasteiger partial charge in [-0.25, -0.2) is 0 Å². The molecule has 4 nitrogen and oxygen atoms in total. The minimum absolute atomic E-state index is 0.160. The topological polar surface area (TPSA) is 36.9 Å². The van der Waals surface area contributed by atoms with Crippen LogP contribution in [-0.2, 0) is 31.5 Å². The molecule has 2 aromatic rings. The second kappa shape index (κ2) is 10.9. The molecular weight excluding hydrogens is 458 g/mol. The fourth-order valence-corrected chi connectivity index (χ4v) is 5.15. The Labute approximate surface area is 226 Å². The summed E-state index contributed by atoms with van der Waals surface area (Å²) in [5.41, 5.74) is 2.77. The van der Waals surface area contributed by atoms with Gasteiger partial charge in [0.15, 0.2) is 0 Å². The molecule has 0 saturated carbocycles. The van der Waals surface area contributed by atoms with Crippen LogP contribution in [0.5, 0.6) is 0 Å². The van der Waals surface area contributed by atoms with Gasteiger partial charge in [-0.2, -0.15) is 0 Å². The van der Waals surface area contributed by atoms with Crippen LogP contribution >= 0.6 is 0 Å². The maximum Gasteiger partial charge on any atom is 0.465 e. The lowest BCUT2D eigenvalue weighted by atomic mass is 9.65. The van der Waals surface area contributed by atoms with E-state index in [2.05, 4.69) is 110 Å². The van der Waals surface area contributed by atoms with E-state index >= 15 is 0 Å². The van der Waals surface area contributed by atoms with Crippen molar-refractivity contribution in [2.75, 3.05) is 0 Å². The largest absolute Gasteiger partial charge is 0.465 e. The fraction of sp³-hybridized carbons (Fsp3) is 0.613. The van der Waals surface area contributed by atoms with E-state index in [0.29, 0.717) is 0 Å². The molecule has 2 aliphatic heterocycles. The highest BCUT2D eigenvalue weighted by Gasteiger charge is 2.54.